The van der Waals surface area contributed by atoms with Crippen molar-refractivity contribution in [2.75, 3.05) is 0 Å². The maximum atomic E-state index is 11.8. The van der Waals surface area contributed by atoms with Gasteiger partial charge in [-0.2, -0.15) is 0 Å². The van der Waals surface area contributed by atoms with Gasteiger partial charge >= 0.3 is 0 Å². The highest BCUT2D eigenvalue weighted by atomic mass is 35.5. The van der Waals surface area contributed by atoms with Crippen molar-refractivity contribution in [3.05, 3.63) is 23.1 Å². The summed E-state index contributed by atoms with van der Waals surface area (Å²) in [6.07, 6.45) is 0. The lowest BCUT2D eigenvalue weighted by atomic mass is 10.1. The van der Waals surface area contributed by atoms with Gasteiger partial charge in [0.15, 0.2) is 5.22 Å². The van der Waals surface area contributed by atoms with Crippen LogP contribution in [0.2, 0.25) is 5.22 Å². The molecule has 5 heteroatoms. The molecule has 0 aliphatic carbocycles. The van der Waals surface area contributed by atoms with Crippen LogP contribution in [0.4, 0.5) is 0 Å². The van der Waals surface area contributed by atoms with Crippen LogP contribution in [-0.2, 0) is 11.3 Å². The summed E-state index contributed by atoms with van der Waals surface area (Å²) in [4.78, 5) is 11.8. The van der Waals surface area contributed by atoms with Crippen LogP contribution in [0.15, 0.2) is 16.5 Å². The largest absolute Gasteiger partial charge is 0.448 e. The molecule has 0 bridgehead atoms. The van der Waals surface area contributed by atoms with Crippen LogP contribution >= 0.6 is 11.6 Å². The second-order valence-corrected chi connectivity index (χ2v) is 5.42. The van der Waals surface area contributed by atoms with E-state index in [4.69, 9.17) is 16.0 Å². The van der Waals surface area contributed by atoms with Gasteiger partial charge in [-0.15, -0.1) is 0 Å². The summed E-state index contributed by atoms with van der Waals surface area (Å²) < 4.78 is 5.19. The van der Waals surface area contributed by atoms with Crippen molar-refractivity contribution in [3.8, 4) is 0 Å². The van der Waals surface area contributed by atoms with Gasteiger partial charge < -0.3 is 9.73 Å². The quantitative estimate of drug-likeness (QED) is 0.872. The summed E-state index contributed by atoms with van der Waals surface area (Å²) >= 11 is 5.65. The van der Waals surface area contributed by atoms with Crippen molar-refractivity contribution < 1.29 is 9.21 Å². The Balaban J connectivity index is 2.39. The van der Waals surface area contributed by atoms with Crippen LogP contribution in [-0.4, -0.2) is 17.5 Å². The van der Waals surface area contributed by atoms with Crippen molar-refractivity contribution in [1.29, 1.82) is 0 Å². The van der Waals surface area contributed by atoms with Gasteiger partial charge in [0.05, 0.1) is 12.6 Å². The van der Waals surface area contributed by atoms with E-state index in [9.17, 15) is 4.79 Å². The molecule has 17 heavy (non-hydrogen) atoms. The number of hydrogen-bond donors (Lipinski definition) is 2. The van der Waals surface area contributed by atoms with Crippen molar-refractivity contribution in [3.63, 3.8) is 0 Å². The Morgan fingerprint density at radius 3 is 2.59 bits per heavy atom. The Labute approximate surface area is 107 Å². The Morgan fingerprint density at radius 1 is 1.47 bits per heavy atom. The summed E-state index contributed by atoms with van der Waals surface area (Å²) in [6.45, 7) is 8.13. The molecular weight excluding hydrogens is 240 g/mol. The Morgan fingerprint density at radius 2 is 2.12 bits per heavy atom. The van der Waals surface area contributed by atoms with E-state index in [0.29, 0.717) is 17.5 Å². The molecule has 96 valence electrons. The van der Waals surface area contributed by atoms with Crippen LogP contribution in [0.5, 0.6) is 0 Å². The molecule has 1 aromatic rings. The molecular formula is C12H19ClN2O2. The molecule has 0 spiro atoms. The van der Waals surface area contributed by atoms with Crippen molar-refractivity contribution >= 4 is 17.5 Å². The maximum absolute atomic E-state index is 11.8. The van der Waals surface area contributed by atoms with Crippen molar-refractivity contribution in [2.45, 2.75) is 45.8 Å². The molecule has 0 aliphatic heterocycles. The number of carbonyl (C=O) groups excluding carboxylic acids is 1. The fourth-order valence-corrected chi connectivity index (χ4v) is 1.43. The monoisotopic (exact) mass is 258 g/mol. The van der Waals surface area contributed by atoms with Gasteiger partial charge in [-0.1, -0.05) is 0 Å². The molecule has 1 amide bonds. The van der Waals surface area contributed by atoms with E-state index in [0.717, 1.165) is 0 Å². The van der Waals surface area contributed by atoms with Gasteiger partial charge in [-0.05, 0) is 51.4 Å². The number of amides is 1. The fraction of sp³-hybridized carbons (Fsp3) is 0.583. The zero-order valence-corrected chi connectivity index (χ0v) is 11.4. The van der Waals surface area contributed by atoms with E-state index in [-0.39, 0.29) is 17.5 Å². The Hall–Kier alpha value is -1.00. The highest BCUT2D eigenvalue weighted by molar-refractivity contribution is 6.28. The van der Waals surface area contributed by atoms with Gasteiger partial charge in [0, 0.05) is 5.54 Å². The molecule has 1 rings (SSSR count). The number of rotatable bonds is 4. The maximum Gasteiger partial charge on any atom is 0.237 e. The van der Waals surface area contributed by atoms with Gasteiger partial charge in [0.1, 0.15) is 5.76 Å². The third-order valence-electron chi connectivity index (χ3n) is 2.10. The van der Waals surface area contributed by atoms with Gasteiger partial charge in [0.25, 0.3) is 0 Å². The minimum absolute atomic E-state index is 0.0323. The van der Waals surface area contributed by atoms with E-state index in [2.05, 4.69) is 10.6 Å². The number of nitrogens with one attached hydrogen (secondary N) is 2. The Bertz CT molecular complexity index is 382. The van der Waals surface area contributed by atoms with Crippen LogP contribution in [0.3, 0.4) is 0 Å². The Kier molecular flexibility index (Phi) is 4.60. The minimum Gasteiger partial charge on any atom is -0.448 e. The number of carbonyl (C=O) groups is 1. The molecule has 0 aromatic carbocycles. The second kappa shape index (κ2) is 5.56. The first-order valence-corrected chi connectivity index (χ1v) is 5.95. The van der Waals surface area contributed by atoms with Crippen molar-refractivity contribution in [1.82, 2.24) is 10.6 Å². The molecule has 1 unspecified atom stereocenters. The predicted octanol–water partition coefficient (Wildman–Crippen LogP) is 2.33. The molecule has 2 N–H and O–H groups in total. The fourth-order valence-electron chi connectivity index (χ4n) is 1.27. The summed E-state index contributed by atoms with van der Waals surface area (Å²) in [7, 11) is 0. The first kappa shape index (κ1) is 14.1. The van der Waals surface area contributed by atoms with Crippen molar-refractivity contribution in [2.24, 2.45) is 0 Å². The van der Waals surface area contributed by atoms with Gasteiger partial charge in [0.2, 0.25) is 5.91 Å². The summed E-state index contributed by atoms with van der Waals surface area (Å²) in [6, 6.07) is 3.18. The number of hydrogen-bond acceptors (Lipinski definition) is 3. The topological polar surface area (TPSA) is 54.3 Å². The number of furan rings is 1. The highest BCUT2D eigenvalue weighted by Gasteiger charge is 2.18. The lowest BCUT2D eigenvalue weighted by Gasteiger charge is -2.23. The standard InChI is InChI=1S/C12H19ClN2O2/c1-8(11(16)15-12(2,3)4)14-7-9-5-6-10(13)17-9/h5-6,8,14H,7H2,1-4H3,(H,15,16). The van der Waals surface area contributed by atoms with E-state index >= 15 is 0 Å². The molecule has 1 heterocycles. The average Bonchev–Trinajstić information content (AvgIpc) is 2.58. The summed E-state index contributed by atoms with van der Waals surface area (Å²) in [5.41, 5.74) is -0.221. The summed E-state index contributed by atoms with van der Waals surface area (Å²) in [5, 5.41) is 6.33. The molecule has 1 atom stereocenters. The third kappa shape index (κ3) is 5.24. The first-order chi connectivity index (χ1) is 7.78. The smallest absolute Gasteiger partial charge is 0.237 e. The minimum atomic E-state index is -0.280. The molecule has 0 radical (unpaired) electrons. The van der Waals surface area contributed by atoms with E-state index in [1.165, 1.54) is 0 Å². The molecule has 0 aliphatic rings. The predicted molar refractivity (Wildman–Crippen MR) is 67.9 cm³/mol. The van der Waals surface area contributed by atoms with Crippen LogP contribution in [0, 0.1) is 0 Å². The molecule has 0 saturated carbocycles. The highest BCUT2D eigenvalue weighted by Crippen LogP contribution is 2.12. The molecule has 0 fully saturated rings. The van der Waals surface area contributed by atoms with Crippen LogP contribution in [0.1, 0.15) is 33.5 Å². The van der Waals surface area contributed by atoms with E-state index < -0.39 is 0 Å². The normalized spacial score (nSPS) is 13.5. The lowest BCUT2D eigenvalue weighted by Crippen LogP contribution is -2.49. The third-order valence-corrected chi connectivity index (χ3v) is 2.31. The number of halogens is 1. The van der Waals surface area contributed by atoms with E-state index in [1.807, 2.05) is 27.7 Å². The SMILES string of the molecule is CC(NCc1ccc(Cl)o1)C(=O)NC(C)(C)C. The second-order valence-electron chi connectivity index (χ2n) is 5.05. The molecule has 1 aromatic heterocycles. The average molecular weight is 259 g/mol. The van der Waals surface area contributed by atoms with Crippen LogP contribution < -0.4 is 10.6 Å². The van der Waals surface area contributed by atoms with E-state index in [1.54, 1.807) is 12.1 Å². The zero-order chi connectivity index (χ0) is 13.1. The molecule has 4 nitrogen and oxygen atoms in total. The molecule has 0 saturated heterocycles. The van der Waals surface area contributed by atoms with Gasteiger partial charge in [-0.3, -0.25) is 10.1 Å². The zero-order valence-electron chi connectivity index (χ0n) is 10.6. The van der Waals surface area contributed by atoms with Crippen LogP contribution in [0.25, 0.3) is 0 Å². The first-order valence-electron chi connectivity index (χ1n) is 5.57. The van der Waals surface area contributed by atoms with Gasteiger partial charge in [-0.25, -0.2) is 0 Å². The lowest BCUT2D eigenvalue weighted by molar-refractivity contribution is -0.124. The summed E-state index contributed by atoms with van der Waals surface area (Å²) in [5.74, 6) is 0.681.